The van der Waals surface area contributed by atoms with E-state index in [4.69, 9.17) is 4.42 Å². The summed E-state index contributed by atoms with van der Waals surface area (Å²) in [6, 6.07) is 2.23. The number of nitrogens with one attached hydrogen (secondary N) is 1. The summed E-state index contributed by atoms with van der Waals surface area (Å²) in [7, 11) is 0. The van der Waals surface area contributed by atoms with Crippen LogP contribution in [0.3, 0.4) is 0 Å². The molecule has 21 heavy (non-hydrogen) atoms. The summed E-state index contributed by atoms with van der Waals surface area (Å²) in [5.41, 5.74) is 1.43. The molecule has 0 saturated heterocycles. The van der Waals surface area contributed by atoms with Gasteiger partial charge in [-0.25, -0.2) is 0 Å². The molecule has 0 aromatic carbocycles. The van der Waals surface area contributed by atoms with Crippen molar-refractivity contribution in [2.75, 3.05) is 13.1 Å². The summed E-state index contributed by atoms with van der Waals surface area (Å²) in [5, 5.41) is 3.54. The van der Waals surface area contributed by atoms with Crippen molar-refractivity contribution in [1.29, 1.82) is 0 Å². The van der Waals surface area contributed by atoms with Crippen molar-refractivity contribution in [2.24, 2.45) is 5.92 Å². The molecule has 3 nitrogen and oxygen atoms in total. The molecule has 2 rings (SSSR count). The van der Waals surface area contributed by atoms with Crippen molar-refractivity contribution in [1.82, 2.24) is 10.2 Å². The van der Waals surface area contributed by atoms with Gasteiger partial charge >= 0.3 is 0 Å². The molecular weight excluding hydrogens is 260 g/mol. The van der Waals surface area contributed by atoms with Crippen LogP contribution in [-0.4, -0.2) is 23.5 Å². The standard InChI is InChI=1S/C18H32N2O/c1-6-20(12-15-8-7-9-15)13-17-10-16(14(2)21-17)11-19-18(3,4)5/h10,15,19H,6-9,11-13H2,1-5H3. The summed E-state index contributed by atoms with van der Waals surface area (Å²) >= 11 is 0. The van der Waals surface area contributed by atoms with Gasteiger partial charge in [-0.2, -0.15) is 0 Å². The first kappa shape index (κ1) is 16.6. The van der Waals surface area contributed by atoms with Crippen LogP contribution in [0.15, 0.2) is 10.5 Å². The Hall–Kier alpha value is -0.800. The fourth-order valence-corrected chi connectivity index (χ4v) is 2.77. The lowest BCUT2D eigenvalue weighted by atomic mass is 9.85. The van der Waals surface area contributed by atoms with Crippen molar-refractivity contribution >= 4 is 0 Å². The van der Waals surface area contributed by atoms with Crippen molar-refractivity contribution in [3.63, 3.8) is 0 Å². The van der Waals surface area contributed by atoms with E-state index in [1.165, 1.54) is 31.4 Å². The van der Waals surface area contributed by atoms with E-state index in [2.05, 4.69) is 50.9 Å². The first-order chi connectivity index (χ1) is 9.87. The molecule has 1 fully saturated rings. The Labute approximate surface area is 130 Å². The molecule has 0 atom stereocenters. The fraction of sp³-hybridized carbons (Fsp3) is 0.778. The van der Waals surface area contributed by atoms with E-state index < -0.39 is 0 Å². The highest BCUT2D eigenvalue weighted by molar-refractivity contribution is 5.21. The fourth-order valence-electron chi connectivity index (χ4n) is 2.77. The average molecular weight is 292 g/mol. The van der Waals surface area contributed by atoms with E-state index in [0.717, 1.165) is 37.1 Å². The minimum Gasteiger partial charge on any atom is -0.465 e. The number of rotatable bonds is 7. The zero-order valence-electron chi connectivity index (χ0n) is 14.5. The van der Waals surface area contributed by atoms with Crippen molar-refractivity contribution in [2.45, 2.75) is 72.5 Å². The highest BCUT2D eigenvalue weighted by Crippen LogP contribution is 2.27. The second-order valence-corrected chi connectivity index (χ2v) is 7.52. The third-order valence-corrected chi connectivity index (χ3v) is 4.45. The summed E-state index contributed by atoms with van der Waals surface area (Å²) in [6.07, 6.45) is 4.24. The van der Waals surface area contributed by atoms with Gasteiger partial charge in [-0.15, -0.1) is 0 Å². The molecule has 1 saturated carbocycles. The SMILES string of the molecule is CCN(Cc1cc(CNC(C)(C)C)c(C)o1)CC1CCC1. The maximum Gasteiger partial charge on any atom is 0.118 e. The number of furan rings is 1. The molecule has 0 spiro atoms. The lowest BCUT2D eigenvalue weighted by Crippen LogP contribution is -2.35. The number of aryl methyl sites for hydroxylation is 1. The van der Waals surface area contributed by atoms with E-state index in [0.29, 0.717) is 0 Å². The Morgan fingerprint density at radius 3 is 2.57 bits per heavy atom. The number of hydrogen-bond acceptors (Lipinski definition) is 3. The maximum absolute atomic E-state index is 5.96. The molecule has 3 heteroatoms. The number of nitrogens with zero attached hydrogens (tertiary/aromatic N) is 1. The second kappa shape index (κ2) is 6.97. The quantitative estimate of drug-likeness (QED) is 0.820. The first-order valence-electron chi connectivity index (χ1n) is 8.43. The molecular formula is C18H32N2O. The number of hydrogen-bond donors (Lipinski definition) is 1. The van der Waals surface area contributed by atoms with Gasteiger partial charge in [0, 0.05) is 24.2 Å². The molecule has 1 aliphatic carbocycles. The van der Waals surface area contributed by atoms with Crippen LogP contribution in [0.1, 0.15) is 64.0 Å². The van der Waals surface area contributed by atoms with Gasteiger partial charge in [-0.1, -0.05) is 13.3 Å². The van der Waals surface area contributed by atoms with Crippen LogP contribution >= 0.6 is 0 Å². The van der Waals surface area contributed by atoms with Crippen LogP contribution in [0.25, 0.3) is 0 Å². The topological polar surface area (TPSA) is 28.4 Å². The van der Waals surface area contributed by atoms with Crippen LogP contribution in [0.5, 0.6) is 0 Å². The molecule has 0 amide bonds. The van der Waals surface area contributed by atoms with E-state index in [1.54, 1.807) is 0 Å². The van der Waals surface area contributed by atoms with Crippen LogP contribution in [0.4, 0.5) is 0 Å². The molecule has 0 bridgehead atoms. The Morgan fingerprint density at radius 1 is 1.33 bits per heavy atom. The molecule has 1 N–H and O–H groups in total. The predicted octanol–water partition coefficient (Wildman–Crippen LogP) is 4.10. The summed E-state index contributed by atoms with van der Waals surface area (Å²) < 4.78 is 5.96. The van der Waals surface area contributed by atoms with Gasteiger partial charge in [0.25, 0.3) is 0 Å². The molecule has 0 unspecified atom stereocenters. The Kier molecular flexibility index (Phi) is 5.50. The van der Waals surface area contributed by atoms with Gasteiger partial charge in [-0.05, 0) is 59.1 Å². The van der Waals surface area contributed by atoms with Crippen LogP contribution in [-0.2, 0) is 13.1 Å². The largest absolute Gasteiger partial charge is 0.465 e. The lowest BCUT2D eigenvalue weighted by Gasteiger charge is -2.31. The Balaban J connectivity index is 1.90. The monoisotopic (exact) mass is 292 g/mol. The molecule has 0 radical (unpaired) electrons. The zero-order valence-corrected chi connectivity index (χ0v) is 14.5. The first-order valence-corrected chi connectivity index (χ1v) is 8.43. The smallest absolute Gasteiger partial charge is 0.118 e. The van der Waals surface area contributed by atoms with E-state index in [-0.39, 0.29) is 5.54 Å². The Morgan fingerprint density at radius 2 is 2.05 bits per heavy atom. The van der Waals surface area contributed by atoms with Crippen LogP contribution in [0.2, 0.25) is 0 Å². The van der Waals surface area contributed by atoms with Crippen molar-refractivity contribution < 1.29 is 4.42 Å². The minimum absolute atomic E-state index is 0.142. The van der Waals surface area contributed by atoms with Crippen molar-refractivity contribution in [3.05, 3.63) is 23.2 Å². The predicted molar refractivity (Wildman–Crippen MR) is 88.3 cm³/mol. The van der Waals surface area contributed by atoms with Gasteiger partial charge in [0.2, 0.25) is 0 Å². The van der Waals surface area contributed by atoms with Gasteiger partial charge in [-0.3, -0.25) is 4.90 Å². The highest BCUT2D eigenvalue weighted by atomic mass is 16.3. The van der Waals surface area contributed by atoms with E-state index in [1.807, 2.05) is 0 Å². The summed E-state index contributed by atoms with van der Waals surface area (Å²) in [5.74, 6) is 3.09. The van der Waals surface area contributed by atoms with Gasteiger partial charge in [0.05, 0.1) is 6.54 Å². The van der Waals surface area contributed by atoms with Gasteiger partial charge in [0.1, 0.15) is 11.5 Å². The molecule has 1 heterocycles. The van der Waals surface area contributed by atoms with Crippen molar-refractivity contribution in [3.8, 4) is 0 Å². The third kappa shape index (κ3) is 5.15. The molecule has 1 aliphatic rings. The maximum atomic E-state index is 5.96. The van der Waals surface area contributed by atoms with Crippen LogP contribution in [0, 0.1) is 12.8 Å². The normalized spacial score (nSPS) is 16.5. The van der Waals surface area contributed by atoms with E-state index in [9.17, 15) is 0 Å². The Bertz CT molecular complexity index is 441. The summed E-state index contributed by atoms with van der Waals surface area (Å²) in [4.78, 5) is 2.52. The highest BCUT2D eigenvalue weighted by Gasteiger charge is 2.21. The zero-order chi connectivity index (χ0) is 15.5. The minimum atomic E-state index is 0.142. The summed E-state index contributed by atoms with van der Waals surface area (Å²) in [6.45, 7) is 15.1. The molecule has 0 aliphatic heterocycles. The van der Waals surface area contributed by atoms with Gasteiger partial charge in [0.15, 0.2) is 0 Å². The second-order valence-electron chi connectivity index (χ2n) is 7.52. The van der Waals surface area contributed by atoms with Crippen LogP contribution < -0.4 is 5.32 Å². The molecule has 120 valence electrons. The molecule has 1 aromatic heterocycles. The van der Waals surface area contributed by atoms with E-state index >= 15 is 0 Å². The third-order valence-electron chi connectivity index (χ3n) is 4.45. The van der Waals surface area contributed by atoms with Gasteiger partial charge < -0.3 is 9.73 Å². The molecule has 1 aromatic rings. The average Bonchev–Trinajstić information content (AvgIpc) is 2.69. The lowest BCUT2D eigenvalue weighted by molar-refractivity contribution is 0.168.